The average Bonchev–Trinajstić information content (AvgIpc) is 2.84. The van der Waals surface area contributed by atoms with Crippen LogP contribution in [0.3, 0.4) is 0 Å². The zero-order valence-electron chi connectivity index (χ0n) is 19.0. The quantitative estimate of drug-likeness (QED) is 0.488. The second kappa shape index (κ2) is 8.05. The van der Waals surface area contributed by atoms with Gasteiger partial charge >= 0.3 is 29.6 Å². The molecule has 0 saturated heterocycles. The topological polar surface area (TPSA) is 94.8 Å². The summed E-state index contributed by atoms with van der Waals surface area (Å²) in [4.78, 5) is 24.4. The van der Waals surface area contributed by atoms with Crippen molar-refractivity contribution in [2.75, 3.05) is 6.61 Å². The third-order valence-corrected chi connectivity index (χ3v) is 8.79. The Hall–Kier alpha value is -0.0800. The zero-order valence-corrected chi connectivity index (χ0v) is 20.8. The van der Waals surface area contributed by atoms with Crippen LogP contribution in [0.15, 0.2) is 23.8 Å². The molecule has 3 saturated carbocycles. The van der Waals surface area contributed by atoms with Crippen molar-refractivity contribution in [1.29, 1.82) is 0 Å². The molecule has 0 spiro atoms. The van der Waals surface area contributed by atoms with Gasteiger partial charge in [-0.1, -0.05) is 25.5 Å². The zero-order chi connectivity index (χ0) is 20.7. The SMILES string of the molecule is C[C@@H]1CC2[C@H]3CCC4=CC(=O)C=C[C@]4(C)[C@@]3(F)[C@@H](O)C[C@]2(C)[C@@]1(O)C(=O)CO.Cl.[H-].[Na+]. The Labute approximate surface area is 206 Å². The maximum Gasteiger partial charge on any atom is 1.00 e. The van der Waals surface area contributed by atoms with Gasteiger partial charge in [0.15, 0.2) is 17.2 Å². The van der Waals surface area contributed by atoms with Gasteiger partial charge in [0.1, 0.15) is 12.2 Å². The summed E-state index contributed by atoms with van der Waals surface area (Å²) < 4.78 is 16.9. The van der Waals surface area contributed by atoms with Crippen LogP contribution in [0.2, 0.25) is 0 Å². The van der Waals surface area contributed by atoms with Crippen LogP contribution < -0.4 is 29.6 Å². The Morgan fingerprint density at radius 2 is 1.97 bits per heavy atom. The number of rotatable bonds is 2. The number of fused-ring (bicyclic) bond motifs is 5. The van der Waals surface area contributed by atoms with Gasteiger partial charge in [-0.2, -0.15) is 0 Å². The van der Waals surface area contributed by atoms with Crippen molar-refractivity contribution in [3.05, 3.63) is 23.8 Å². The standard InChI is InChI=1S/C22H29FO5.ClH.Na.H/c1-12-8-16-15-5-4-13-9-14(25)6-7-19(13,2)21(15,23)17(26)10-20(16,3)22(12,28)18(27)11-24;;;/h6-7,9,12,15-17,24,26,28H,4-5,8,10-11H2,1-3H3;1H;;/q;;+1;-1/t12-,15-,16?,17+,19+,20+,21+,22+;;;/m1.../s1. The summed E-state index contributed by atoms with van der Waals surface area (Å²) in [6.45, 7) is 4.48. The van der Waals surface area contributed by atoms with Gasteiger partial charge in [0.05, 0.1) is 6.10 Å². The Morgan fingerprint density at radius 3 is 2.57 bits per heavy atom. The van der Waals surface area contributed by atoms with Gasteiger partial charge in [-0.25, -0.2) is 4.39 Å². The van der Waals surface area contributed by atoms with Crippen LogP contribution in [0.1, 0.15) is 47.9 Å². The first-order chi connectivity index (χ1) is 13.0. The Balaban J connectivity index is 0.00000160. The van der Waals surface area contributed by atoms with E-state index in [1.165, 1.54) is 12.2 Å². The van der Waals surface area contributed by atoms with Crippen LogP contribution in [0.4, 0.5) is 4.39 Å². The van der Waals surface area contributed by atoms with Crippen molar-refractivity contribution in [2.24, 2.45) is 28.6 Å². The molecule has 0 aromatic carbocycles. The average molecular weight is 453 g/mol. The van der Waals surface area contributed by atoms with Crippen LogP contribution in [0.25, 0.3) is 0 Å². The number of ketones is 2. The van der Waals surface area contributed by atoms with E-state index in [1.54, 1.807) is 26.8 Å². The number of aliphatic hydroxyl groups excluding tert-OH is 2. The molecule has 4 aliphatic rings. The predicted octanol–water partition coefficient (Wildman–Crippen LogP) is -0.566. The molecule has 5 nitrogen and oxygen atoms in total. The fraction of sp³-hybridized carbons (Fsp3) is 0.727. The second-order valence-electron chi connectivity index (χ2n) is 9.75. The molecule has 0 bridgehead atoms. The number of Topliss-reactive ketones (excluding diaryl/α,β-unsaturated/α-hetero) is 1. The molecule has 30 heavy (non-hydrogen) atoms. The summed E-state index contributed by atoms with van der Waals surface area (Å²) in [6, 6.07) is 0. The first-order valence-corrected chi connectivity index (χ1v) is 10.1. The number of carbonyl (C=O) groups excluding carboxylic acids is 2. The first kappa shape index (κ1) is 26.2. The molecule has 3 N–H and O–H groups in total. The van der Waals surface area contributed by atoms with Gasteiger partial charge in [-0.3, -0.25) is 9.59 Å². The molecular formula is C22H31ClFNaO5. The maximum absolute atomic E-state index is 16.9. The summed E-state index contributed by atoms with van der Waals surface area (Å²) in [6.07, 6.45) is 4.44. The molecule has 4 rings (SSSR count). The monoisotopic (exact) mass is 452 g/mol. The molecule has 0 aliphatic heterocycles. The van der Waals surface area contributed by atoms with Crippen LogP contribution in [-0.2, 0) is 9.59 Å². The molecular weight excluding hydrogens is 422 g/mol. The van der Waals surface area contributed by atoms with E-state index in [4.69, 9.17) is 0 Å². The molecule has 1 unspecified atom stereocenters. The smallest absolute Gasteiger partial charge is 1.00 e. The van der Waals surface area contributed by atoms with Gasteiger partial charge in [-0.15, -0.1) is 12.4 Å². The fourth-order valence-corrected chi connectivity index (χ4v) is 7.26. The van der Waals surface area contributed by atoms with Gasteiger partial charge in [0, 0.05) is 16.7 Å². The summed E-state index contributed by atoms with van der Waals surface area (Å²) >= 11 is 0. The van der Waals surface area contributed by atoms with E-state index in [0.717, 1.165) is 0 Å². The molecule has 164 valence electrons. The summed E-state index contributed by atoms with van der Waals surface area (Å²) in [5, 5.41) is 32.0. The number of carbonyl (C=O) groups is 2. The molecule has 3 fully saturated rings. The van der Waals surface area contributed by atoms with E-state index in [-0.39, 0.29) is 61.5 Å². The van der Waals surface area contributed by atoms with Crippen LogP contribution >= 0.6 is 12.4 Å². The number of alkyl halides is 1. The van der Waals surface area contributed by atoms with Gasteiger partial charge < -0.3 is 16.7 Å². The van der Waals surface area contributed by atoms with Crippen LogP contribution in [0.5, 0.6) is 0 Å². The van der Waals surface area contributed by atoms with Crippen LogP contribution in [-0.4, -0.2) is 50.9 Å². The van der Waals surface area contributed by atoms with Gasteiger partial charge in [0.25, 0.3) is 0 Å². The Morgan fingerprint density at radius 1 is 1.33 bits per heavy atom. The minimum absolute atomic E-state index is 0. The summed E-state index contributed by atoms with van der Waals surface area (Å²) in [7, 11) is 0. The summed E-state index contributed by atoms with van der Waals surface area (Å²) in [5.74, 6) is -2.12. The van der Waals surface area contributed by atoms with Crippen molar-refractivity contribution in [1.82, 2.24) is 0 Å². The molecule has 0 aromatic rings. The van der Waals surface area contributed by atoms with E-state index < -0.39 is 52.4 Å². The van der Waals surface area contributed by atoms with Crippen molar-refractivity contribution < 1.29 is 60.3 Å². The number of allylic oxidation sites excluding steroid dienone is 4. The number of halogens is 2. The van der Waals surface area contributed by atoms with Crippen molar-refractivity contribution in [3.8, 4) is 0 Å². The second-order valence-corrected chi connectivity index (χ2v) is 9.75. The first-order valence-electron chi connectivity index (χ1n) is 10.1. The minimum Gasteiger partial charge on any atom is -1.00 e. The number of hydrogen-bond donors (Lipinski definition) is 3. The number of hydrogen-bond acceptors (Lipinski definition) is 5. The fourth-order valence-electron chi connectivity index (χ4n) is 7.26. The molecule has 8 heteroatoms. The largest absolute Gasteiger partial charge is 1.00 e. The van der Waals surface area contributed by atoms with Crippen molar-refractivity contribution >= 4 is 24.0 Å². The molecule has 4 aliphatic carbocycles. The van der Waals surface area contributed by atoms with E-state index in [0.29, 0.717) is 24.8 Å². The van der Waals surface area contributed by atoms with E-state index in [9.17, 15) is 24.9 Å². The molecule has 0 heterocycles. The molecule has 0 aromatic heterocycles. The molecule has 8 atom stereocenters. The van der Waals surface area contributed by atoms with E-state index in [2.05, 4.69) is 0 Å². The Bertz CT molecular complexity index is 824. The van der Waals surface area contributed by atoms with Crippen LogP contribution in [0, 0.1) is 28.6 Å². The van der Waals surface area contributed by atoms with E-state index in [1.807, 2.05) is 0 Å². The third kappa shape index (κ3) is 2.87. The Kier molecular flexibility index (Phi) is 7.02. The predicted molar refractivity (Wildman–Crippen MR) is 108 cm³/mol. The van der Waals surface area contributed by atoms with Crippen molar-refractivity contribution in [2.45, 2.75) is 63.8 Å². The molecule has 0 amide bonds. The maximum atomic E-state index is 16.9. The van der Waals surface area contributed by atoms with Gasteiger partial charge in [-0.05, 0) is 56.6 Å². The minimum atomic E-state index is -1.98. The summed E-state index contributed by atoms with van der Waals surface area (Å²) in [5.41, 5.74) is -5.17. The van der Waals surface area contributed by atoms with Gasteiger partial charge in [0.2, 0.25) is 0 Å². The van der Waals surface area contributed by atoms with E-state index >= 15 is 4.39 Å². The van der Waals surface area contributed by atoms with Crippen molar-refractivity contribution in [3.63, 3.8) is 0 Å². The third-order valence-electron chi connectivity index (χ3n) is 8.79. The number of aliphatic hydroxyl groups is 3. The molecule has 0 radical (unpaired) electrons. The normalized spacial score (nSPS) is 49.0.